The van der Waals surface area contributed by atoms with Crippen molar-refractivity contribution in [3.05, 3.63) is 22.7 Å². The van der Waals surface area contributed by atoms with E-state index in [4.69, 9.17) is 23.1 Å². The molecule has 6 heteroatoms. The molecule has 1 heterocycles. The van der Waals surface area contributed by atoms with Crippen LogP contribution in [0, 0.1) is 0 Å². The fourth-order valence-corrected chi connectivity index (χ4v) is 2.84. The molecule has 110 valence electrons. The van der Waals surface area contributed by atoms with E-state index in [1.165, 1.54) is 0 Å². The number of nitrogens with zero attached hydrogens (tertiary/aromatic N) is 2. The molecule has 1 aliphatic heterocycles. The smallest absolute Gasteiger partial charge is 0.219 e. The standard InChI is InChI=1S/C14H21ClN4O/c1-10(20)18-3-2-4-19(6-5-18)14-8-11(15)7-13(17)12(14)9-16/h7-8H,2-6,9,16-17H2,1H3. The van der Waals surface area contributed by atoms with Gasteiger partial charge in [0.05, 0.1) is 0 Å². The summed E-state index contributed by atoms with van der Waals surface area (Å²) in [4.78, 5) is 15.6. The molecule has 1 fully saturated rings. The van der Waals surface area contributed by atoms with Crippen molar-refractivity contribution in [3.63, 3.8) is 0 Å². The van der Waals surface area contributed by atoms with E-state index in [1.807, 2.05) is 11.0 Å². The second-order valence-electron chi connectivity index (χ2n) is 5.04. The van der Waals surface area contributed by atoms with Crippen LogP contribution in [0.4, 0.5) is 11.4 Å². The van der Waals surface area contributed by atoms with Gasteiger partial charge in [0.2, 0.25) is 5.91 Å². The molecule has 0 spiro atoms. The summed E-state index contributed by atoms with van der Waals surface area (Å²) in [6, 6.07) is 3.64. The SMILES string of the molecule is CC(=O)N1CCCN(c2cc(Cl)cc(N)c2CN)CC1. The van der Waals surface area contributed by atoms with Crippen LogP contribution in [0.5, 0.6) is 0 Å². The molecule has 0 aromatic heterocycles. The van der Waals surface area contributed by atoms with Gasteiger partial charge in [0.15, 0.2) is 0 Å². The maximum Gasteiger partial charge on any atom is 0.219 e. The third-order valence-electron chi connectivity index (χ3n) is 3.71. The minimum atomic E-state index is 0.122. The second-order valence-corrected chi connectivity index (χ2v) is 5.48. The monoisotopic (exact) mass is 296 g/mol. The molecule has 1 aliphatic rings. The van der Waals surface area contributed by atoms with E-state index in [-0.39, 0.29) is 5.91 Å². The zero-order valence-corrected chi connectivity index (χ0v) is 12.5. The number of hydrogen-bond acceptors (Lipinski definition) is 4. The van der Waals surface area contributed by atoms with Crippen LogP contribution in [-0.4, -0.2) is 37.0 Å². The summed E-state index contributed by atoms with van der Waals surface area (Å²) < 4.78 is 0. The van der Waals surface area contributed by atoms with E-state index < -0.39 is 0 Å². The lowest BCUT2D eigenvalue weighted by molar-refractivity contribution is -0.128. The molecule has 1 aromatic rings. The van der Waals surface area contributed by atoms with Gasteiger partial charge in [-0.3, -0.25) is 4.79 Å². The van der Waals surface area contributed by atoms with E-state index in [2.05, 4.69) is 4.90 Å². The van der Waals surface area contributed by atoms with Crippen LogP contribution in [0.15, 0.2) is 12.1 Å². The van der Waals surface area contributed by atoms with E-state index in [0.717, 1.165) is 37.3 Å². The van der Waals surface area contributed by atoms with E-state index in [9.17, 15) is 4.79 Å². The highest BCUT2D eigenvalue weighted by Gasteiger charge is 2.19. The molecule has 4 N–H and O–H groups in total. The summed E-state index contributed by atoms with van der Waals surface area (Å²) in [7, 11) is 0. The van der Waals surface area contributed by atoms with Crippen molar-refractivity contribution in [3.8, 4) is 0 Å². The number of anilines is 2. The van der Waals surface area contributed by atoms with Gasteiger partial charge in [-0.2, -0.15) is 0 Å². The zero-order chi connectivity index (χ0) is 14.7. The van der Waals surface area contributed by atoms with Gasteiger partial charge >= 0.3 is 0 Å². The summed E-state index contributed by atoms with van der Waals surface area (Å²) >= 11 is 6.11. The normalized spacial score (nSPS) is 16.1. The van der Waals surface area contributed by atoms with Crippen molar-refractivity contribution in [2.45, 2.75) is 19.9 Å². The summed E-state index contributed by atoms with van der Waals surface area (Å²) in [5.41, 5.74) is 14.3. The van der Waals surface area contributed by atoms with E-state index >= 15 is 0 Å². The van der Waals surface area contributed by atoms with Gasteiger partial charge in [-0.15, -0.1) is 0 Å². The zero-order valence-electron chi connectivity index (χ0n) is 11.7. The Labute approximate surface area is 124 Å². The average molecular weight is 297 g/mol. The molecule has 0 atom stereocenters. The van der Waals surface area contributed by atoms with Crippen LogP contribution in [0.3, 0.4) is 0 Å². The number of carbonyl (C=O) groups is 1. The number of rotatable bonds is 2. The minimum absolute atomic E-state index is 0.122. The first-order valence-electron chi connectivity index (χ1n) is 6.81. The fourth-order valence-electron chi connectivity index (χ4n) is 2.62. The quantitative estimate of drug-likeness (QED) is 0.810. The van der Waals surface area contributed by atoms with Crippen molar-refractivity contribution < 1.29 is 4.79 Å². The van der Waals surface area contributed by atoms with Gasteiger partial charge in [0.1, 0.15) is 0 Å². The summed E-state index contributed by atoms with van der Waals surface area (Å²) in [5.74, 6) is 0.122. The first-order chi connectivity index (χ1) is 9.52. The van der Waals surface area contributed by atoms with Crippen molar-refractivity contribution in [1.82, 2.24) is 4.90 Å². The predicted octanol–water partition coefficient (Wildman–Crippen LogP) is 1.44. The lowest BCUT2D eigenvalue weighted by Gasteiger charge is -2.26. The maximum atomic E-state index is 11.5. The number of carbonyl (C=O) groups excluding carboxylic acids is 1. The van der Waals surface area contributed by atoms with Crippen molar-refractivity contribution in [2.24, 2.45) is 5.73 Å². The summed E-state index contributed by atoms with van der Waals surface area (Å²) in [5, 5.41) is 0.613. The first kappa shape index (κ1) is 14.9. The van der Waals surface area contributed by atoms with Crippen LogP contribution in [0.25, 0.3) is 0 Å². The van der Waals surface area contributed by atoms with Gasteiger partial charge in [0.25, 0.3) is 0 Å². The van der Waals surface area contributed by atoms with E-state index in [0.29, 0.717) is 23.8 Å². The highest BCUT2D eigenvalue weighted by molar-refractivity contribution is 6.31. The van der Waals surface area contributed by atoms with Crippen LogP contribution in [0.2, 0.25) is 5.02 Å². The van der Waals surface area contributed by atoms with Crippen molar-refractivity contribution in [1.29, 1.82) is 0 Å². The molecule has 1 amide bonds. The first-order valence-corrected chi connectivity index (χ1v) is 7.19. The molecule has 20 heavy (non-hydrogen) atoms. The third kappa shape index (κ3) is 3.16. The van der Waals surface area contributed by atoms with Crippen molar-refractivity contribution in [2.75, 3.05) is 36.8 Å². The molecule has 0 bridgehead atoms. The Balaban J connectivity index is 2.25. The topological polar surface area (TPSA) is 75.6 Å². The summed E-state index contributed by atoms with van der Waals surface area (Å²) in [6.45, 7) is 5.14. The van der Waals surface area contributed by atoms with E-state index in [1.54, 1.807) is 13.0 Å². The molecule has 0 saturated carbocycles. The Morgan fingerprint density at radius 3 is 2.70 bits per heavy atom. The summed E-state index contributed by atoms with van der Waals surface area (Å²) in [6.07, 6.45) is 0.927. The maximum absolute atomic E-state index is 11.5. The Hall–Kier alpha value is -1.46. The third-order valence-corrected chi connectivity index (χ3v) is 3.93. The number of hydrogen-bond donors (Lipinski definition) is 2. The largest absolute Gasteiger partial charge is 0.398 e. The number of amides is 1. The molecular formula is C14H21ClN4O. The number of halogens is 1. The van der Waals surface area contributed by atoms with Crippen LogP contribution < -0.4 is 16.4 Å². The lowest BCUT2D eigenvalue weighted by atomic mass is 10.1. The highest BCUT2D eigenvalue weighted by atomic mass is 35.5. The lowest BCUT2D eigenvalue weighted by Crippen LogP contribution is -2.34. The number of nitrogen functional groups attached to an aromatic ring is 1. The van der Waals surface area contributed by atoms with Gasteiger partial charge in [-0.1, -0.05) is 11.6 Å². The van der Waals surface area contributed by atoms with Crippen molar-refractivity contribution >= 4 is 28.9 Å². The minimum Gasteiger partial charge on any atom is -0.398 e. The van der Waals surface area contributed by atoms with Gasteiger partial charge in [0, 0.05) is 61.6 Å². The Morgan fingerprint density at radius 1 is 1.30 bits per heavy atom. The van der Waals surface area contributed by atoms with Gasteiger partial charge in [-0.05, 0) is 18.6 Å². The highest BCUT2D eigenvalue weighted by Crippen LogP contribution is 2.30. The van der Waals surface area contributed by atoms with Gasteiger partial charge in [-0.25, -0.2) is 0 Å². The number of nitrogens with two attached hydrogens (primary N) is 2. The van der Waals surface area contributed by atoms with Crippen LogP contribution >= 0.6 is 11.6 Å². The van der Waals surface area contributed by atoms with Gasteiger partial charge < -0.3 is 21.3 Å². The Bertz CT molecular complexity index is 506. The molecule has 1 saturated heterocycles. The molecule has 5 nitrogen and oxygen atoms in total. The fraction of sp³-hybridized carbons (Fsp3) is 0.500. The second kappa shape index (κ2) is 6.33. The van der Waals surface area contributed by atoms with Crippen LogP contribution in [0.1, 0.15) is 18.9 Å². The Morgan fingerprint density at radius 2 is 2.05 bits per heavy atom. The number of benzene rings is 1. The van der Waals surface area contributed by atoms with Crippen LogP contribution in [-0.2, 0) is 11.3 Å². The predicted molar refractivity (Wildman–Crippen MR) is 82.8 cm³/mol. The molecule has 0 aliphatic carbocycles. The Kier molecular flexibility index (Phi) is 4.73. The molecule has 1 aromatic carbocycles. The molecular weight excluding hydrogens is 276 g/mol. The molecule has 0 radical (unpaired) electrons. The molecule has 0 unspecified atom stereocenters. The average Bonchev–Trinajstić information content (AvgIpc) is 2.63. The molecule has 2 rings (SSSR count).